The highest BCUT2D eigenvalue weighted by Crippen LogP contribution is 2.20. The van der Waals surface area contributed by atoms with Gasteiger partial charge in [-0.3, -0.25) is 0 Å². The van der Waals surface area contributed by atoms with E-state index in [-0.39, 0.29) is 6.61 Å². The fraction of sp³-hybridized carbons (Fsp3) is 0.571. The van der Waals surface area contributed by atoms with Crippen molar-refractivity contribution in [3.05, 3.63) is 0 Å². The van der Waals surface area contributed by atoms with Gasteiger partial charge in [-0.15, -0.1) is 12.3 Å². The van der Waals surface area contributed by atoms with E-state index in [2.05, 4.69) is 22.3 Å². The molecule has 0 N–H and O–H groups in total. The highest BCUT2D eigenvalue weighted by Gasteiger charge is 2.37. The Bertz CT molecular complexity index is 193. The van der Waals surface area contributed by atoms with Gasteiger partial charge in [0.05, 0.1) is 6.61 Å². The SMILES string of the molecule is C#CCCCOC(=O)C(F)(F)Cl. The van der Waals surface area contributed by atoms with Crippen LogP contribution in [-0.4, -0.2) is 18.0 Å². The van der Waals surface area contributed by atoms with Gasteiger partial charge in [-0.2, -0.15) is 8.78 Å². The largest absolute Gasteiger partial charge is 0.460 e. The highest BCUT2D eigenvalue weighted by atomic mass is 35.5. The van der Waals surface area contributed by atoms with Crippen molar-refractivity contribution in [1.29, 1.82) is 0 Å². The second-order valence-electron chi connectivity index (χ2n) is 1.94. The van der Waals surface area contributed by atoms with E-state index in [0.717, 1.165) is 0 Å². The van der Waals surface area contributed by atoms with Gasteiger partial charge >= 0.3 is 11.4 Å². The lowest BCUT2D eigenvalue weighted by molar-refractivity contribution is -0.161. The van der Waals surface area contributed by atoms with Gasteiger partial charge in [0.1, 0.15) is 0 Å². The molecule has 5 heteroatoms. The van der Waals surface area contributed by atoms with Gasteiger partial charge < -0.3 is 4.74 Å². The number of rotatable bonds is 4. The van der Waals surface area contributed by atoms with E-state index in [1.807, 2.05) is 0 Å². The molecule has 0 amide bonds. The number of hydrogen-bond acceptors (Lipinski definition) is 2. The quantitative estimate of drug-likeness (QED) is 0.297. The number of ether oxygens (including phenoxy) is 1. The fourth-order valence-corrected chi connectivity index (χ4v) is 0.475. The zero-order valence-electron chi connectivity index (χ0n) is 6.15. The molecular weight excluding hydrogens is 190 g/mol. The third kappa shape index (κ3) is 4.91. The van der Waals surface area contributed by atoms with Crippen LogP contribution in [0.15, 0.2) is 0 Å². The van der Waals surface area contributed by atoms with E-state index in [9.17, 15) is 13.6 Å². The molecule has 0 fully saturated rings. The molecule has 0 spiro atoms. The standard InChI is InChI=1S/C7H7ClF2O2/c1-2-3-4-5-12-6(11)7(8,9)10/h1H,3-5H2. The summed E-state index contributed by atoms with van der Waals surface area (Å²) in [7, 11) is 0. The number of esters is 1. The molecule has 12 heavy (non-hydrogen) atoms. The summed E-state index contributed by atoms with van der Waals surface area (Å²) in [5.41, 5.74) is 0. The molecule has 0 bridgehead atoms. The van der Waals surface area contributed by atoms with E-state index in [0.29, 0.717) is 12.8 Å². The first-order chi connectivity index (χ1) is 5.48. The molecule has 0 aliphatic carbocycles. The van der Waals surface area contributed by atoms with E-state index in [1.54, 1.807) is 0 Å². The molecule has 0 rings (SSSR count). The zero-order valence-corrected chi connectivity index (χ0v) is 6.90. The summed E-state index contributed by atoms with van der Waals surface area (Å²) in [5.74, 6) is 0.533. The number of carbonyl (C=O) groups excluding carboxylic acids is 1. The van der Waals surface area contributed by atoms with Gasteiger partial charge in [0, 0.05) is 6.42 Å². The third-order valence-corrected chi connectivity index (χ3v) is 1.08. The average Bonchev–Trinajstić information content (AvgIpc) is 1.96. The zero-order chi connectivity index (χ0) is 9.61. The molecule has 0 aromatic rings. The number of halogens is 3. The maximum Gasteiger partial charge on any atom is 0.417 e. The molecule has 0 atom stereocenters. The van der Waals surface area contributed by atoms with Crippen LogP contribution >= 0.6 is 11.6 Å². The first-order valence-electron chi connectivity index (χ1n) is 3.16. The first-order valence-corrected chi connectivity index (χ1v) is 3.53. The fourth-order valence-electron chi connectivity index (χ4n) is 0.421. The predicted octanol–water partition coefficient (Wildman–Crippen LogP) is 1.77. The third-order valence-electron chi connectivity index (χ3n) is 0.930. The normalized spacial score (nSPS) is 10.5. The Morgan fingerprint density at radius 2 is 2.25 bits per heavy atom. The molecule has 0 heterocycles. The molecule has 0 saturated carbocycles. The Hall–Kier alpha value is -0.820. The Morgan fingerprint density at radius 1 is 1.67 bits per heavy atom. The van der Waals surface area contributed by atoms with Crippen LogP contribution in [-0.2, 0) is 9.53 Å². The van der Waals surface area contributed by atoms with E-state index < -0.39 is 11.4 Å². The van der Waals surface area contributed by atoms with Crippen molar-refractivity contribution in [2.24, 2.45) is 0 Å². The minimum absolute atomic E-state index is 0.134. The summed E-state index contributed by atoms with van der Waals surface area (Å²) in [6, 6.07) is 0. The minimum Gasteiger partial charge on any atom is -0.460 e. The van der Waals surface area contributed by atoms with Crippen molar-refractivity contribution in [1.82, 2.24) is 0 Å². The van der Waals surface area contributed by atoms with E-state index >= 15 is 0 Å². The van der Waals surface area contributed by atoms with Gasteiger partial charge in [-0.1, -0.05) is 0 Å². The number of hydrogen-bond donors (Lipinski definition) is 0. The van der Waals surface area contributed by atoms with Crippen LogP contribution in [0.25, 0.3) is 0 Å². The number of unbranched alkanes of at least 4 members (excludes halogenated alkanes) is 1. The smallest absolute Gasteiger partial charge is 0.417 e. The maximum atomic E-state index is 11.9. The van der Waals surface area contributed by atoms with E-state index in [1.165, 1.54) is 0 Å². The van der Waals surface area contributed by atoms with Gasteiger partial charge in [0.2, 0.25) is 0 Å². The molecule has 0 aromatic carbocycles. The van der Waals surface area contributed by atoms with Gasteiger partial charge in [0.25, 0.3) is 0 Å². The van der Waals surface area contributed by atoms with Crippen molar-refractivity contribution in [3.8, 4) is 12.3 Å². The van der Waals surface area contributed by atoms with Gasteiger partial charge in [-0.05, 0) is 18.0 Å². The van der Waals surface area contributed by atoms with Crippen molar-refractivity contribution in [2.45, 2.75) is 18.2 Å². The predicted molar refractivity (Wildman–Crippen MR) is 39.8 cm³/mol. The van der Waals surface area contributed by atoms with Gasteiger partial charge in [-0.25, -0.2) is 4.79 Å². The second-order valence-corrected chi connectivity index (χ2v) is 2.42. The average molecular weight is 197 g/mol. The first kappa shape index (κ1) is 11.2. The Kier molecular flexibility index (Phi) is 4.60. The monoisotopic (exact) mass is 196 g/mol. The molecule has 0 saturated heterocycles. The molecular formula is C7H7ClF2O2. The van der Waals surface area contributed by atoms with Crippen LogP contribution in [0.5, 0.6) is 0 Å². The lowest BCUT2D eigenvalue weighted by Crippen LogP contribution is -2.24. The summed E-state index contributed by atoms with van der Waals surface area (Å²) < 4.78 is 27.8. The second kappa shape index (κ2) is 4.94. The maximum absolute atomic E-state index is 11.9. The molecule has 0 unspecified atom stereocenters. The summed E-state index contributed by atoms with van der Waals surface area (Å²) >= 11 is 4.35. The minimum atomic E-state index is -3.93. The Labute approximate surface area is 73.8 Å². The summed E-state index contributed by atoms with van der Waals surface area (Å²) in [4.78, 5) is 10.3. The van der Waals surface area contributed by atoms with Crippen LogP contribution in [0.4, 0.5) is 8.78 Å². The van der Waals surface area contributed by atoms with Crippen molar-refractivity contribution in [2.75, 3.05) is 6.61 Å². The molecule has 2 nitrogen and oxygen atoms in total. The highest BCUT2D eigenvalue weighted by molar-refractivity contribution is 6.31. The summed E-state index contributed by atoms with van der Waals surface area (Å²) in [6.07, 6.45) is 5.60. The van der Waals surface area contributed by atoms with Crippen molar-refractivity contribution < 1.29 is 18.3 Å². The van der Waals surface area contributed by atoms with Crippen LogP contribution < -0.4 is 0 Å². The number of alkyl halides is 3. The molecule has 0 aliphatic heterocycles. The molecule has 68 valence electrons. The van der Waals surface area contributed by atoms with E-state index in [4.69, 9.17) is 6.42 Å². The van der Waals surface area contributed by atoms with Crippen LogP contribution in [0.2, 0.25) is 0 Å². The van der Waals surface area contributed by atoms with Crippen LogP contribution in [0, 0.1) is 12.3 Å². The Balaban J connectivity index is 3.53. The lowest BCUT2D eigenvalue weighted by atomic mass is 10.3. The molecule has 0 radical (unpaired) electrons. The van der Waals surface area contributed by atoms with Crippen LogP contribution in [0.1, 0.15) is 12.8 Å². The van der Waals surface area contributed by atoms with Crippen LogP contribution in [0.3, 0.4) is 0 Å². The Morgan fingerprint density at radius 3 is 2.67 bits per heavy atom. The summed E-state index contributed by atoms with van der Waals surface area (Å²) in [6.45, 7) is -0.134. The van der Waals surface area contributed by atoms with Gasteiger partial charge in [0.15, 0.2) is 0 Å². The molecule has 0 aromatic heterocycles. The number of carbonyl (C=O) groups is 1. The van der Waals surface area contributed by atoms with Crippen molar-refractivity contribution in [3.63, 3.8) is 0 Å². The lowest BCUT2D eigenvalue weighted by Gasteiger charge is -2.06. The topological polar surface area (TPSA) is 26.3 Å². The number of terminal acetylenes is 1. The molecule has 0 aliphatic rings. The van der Waals surface area contributed by atoms with Crippen molar-refractivity contribution >= 4 is 17.6 Å². The summed E-state index contributed by atoms with van der Waals surface area (Å²) in [5, 5.41) is -3.93.